The quantitative estimate of drug-likeness (QED) is 0.157. The number of nitro benzene ring substituents is 1. The number of rotatable bonds is 4. The summed E-state index contributed by atoms with van der Waals surface area (Å²) in [7, 11) is 0. The van der Waals surface area contributed by atoms with Gasteiger partial charge >= 0.3 is 17.6 Å². The van der Waals surface area contributed by atoms with Crippen molar-refractivity contribution in [1.82, 2.24) is 0 Å². The topological polar surface area (TPSA) is 95.7 Å². The number of carbonyl (C=O) groups is 2. The van der Waals surface area contributed by atoms with Crippen LogP contribution in [0.1, 0.15) is 23.6 Å². The number of esters is 2. The zero-order chi connectivity index (χ0) is 20.4. The third kappa shape index (κ3) is 4.28. The van der Waals surface area contributed by atoms with Gasteiger partial charge in [0.1, 0.15) is 5.76 Å². The van der Waals surface area contributed by atoms with Crippen molar-refractivity contribution < 1.29 is 24.0 Å². The number of hydrogen-bond acceptors (Lipinski definition) is 6. The van der Waals surface area contributed by atoms with Gasteiger partial charge in [-0.3, -0.25) is 14.9 Å². The van der Waals surface area contributed by atoms with E-state index in [0.29, 0.717) is 14.9 Å². The maximum absolute atomic E-state index is 12.2. The number of benzene rings is 2. The van der Waals surface area contributed by atoms with Gasteiger partial charge in [-0.05, 0) is 53.3 Å². The molecule has 2 aromatic rings. The first kappa shape index (κ1) is 19.7. The largest absolute Gasteiger partial charge is 0.422 e. The molecular weight excluding hydrogens is 477 g/mol. The van der Waals surface area contributed by atoms with Crippen molar-refractivity contribution >= 4 is 52.1 Å². The molecule has 0 N–H and O–H groups in total. The van der Waals surface area contributed by atoms with Crippen LogP contribution in [0.15, 0.2) is 48.0 Å². The minimum Gasteiger partial charge on any atom is -0.422 e. The number of nitrogens with zero attached hydrogens (tertiary/aromatic N) is 1. The Balaban J connectivity index is 2.00. The molecule has 142 valence electrons. The SMILES string of the molecule is CC(=O)Oc1c(I)cc(/C=C2\C=C(c3ccc(C)cc3)OC2=O)cc1[N+](=O)[O-]. The molecule has 0 amide bonds. The van der Waals surface area contributed by atoms with Crippen LogP contribution >= 0.6 is 22.6 Å². The van der Waals surface area contributed by atoms with Crippen molar-refractivity contribution in [2.75, 3.05) is 0 Å². The van der Waals surface area contributed by atoms with Gasteiger partial charge < -0.3 is 9.47 Å². The van der Waals surface area contributed by atoms with Gasteiger partial charge in [-0.1, -0.05) is 29.8 Å². The molecule has 1 aliphatic rings. The van der Waals surface area contributed by atoms with Crippen LogP contribution in [0.5, 0.6) is 5.75 Å². The number of carbonyl (C=O) groups excluding carboxylic acids is 2. The summed E-state index contributed by atoms with van der Waals surface area (Å²) < 4.78 is 10.6. The number of cyclic esters (lactones) is 1. The monoisotopic (exact) mass is 491 g/mol. The van der Waals surface area contributed by atoms with Crippen molar-refractivity contribution in [1.29, 1.82) is 0 Å². The predicted octanol–water partition coefficient (Wildman–Crippen LogP) is 4.41. The number of aryl methyl sites for hydroxylation is 1. The molecule has 0 aliphatic carbocycles. The molecule has 2 aromatic carbocycles. The Labute approximate surface area is 173 Å². The Morgan fingerprint density at radius 1 is 1.25 bits per heavy atom. The van der Waals surface area contributed by atoms with Crippen molar-refractivity contribution in [2.45, 2.75) is 13.8 Å². The van der Waals surface area contributed by atoms with E-state index in [9.17, 15) is 19.7 Å². The molecule has 0 radical (unpaired) electrons. The average Bonchev–Trinajstić information content (AvgIpc) is 2.97. The fraction of sp³-hybridized carbons (Fsp3) is 0.100. The van der Waals surface area contributed by atoms with Gasteiger partial charge in [0.2, 0.25) is 5.75 Å². The summed E-state index contributed by atoms with van der Waals surface area (Å²) >= 11 is 1.84. The molecule has 1 aliphatic heterocycles. The Kier molecular flexibility index (Phi) is 5.59. The predicted molar refractivity (Wildman–Crippen MR) is 110 cm³/mol. The van der Waals surface area contributed by atoms with E-state index in [-0.39, 0.29) is 17.0 Å². The van der Waals surface area contributed by atoms with Crippen LogP contribution in [-0.2, 0) is 14.3 Å². The van der Waals surface area contributed by atoms with Gasteiger partial charge in [-0.2, -0.15) is 0 Å². The molecule has 0 bridgehead atoms. The minimum atomic E-state index is -0.655. The summed E-state index contributed by atoms with van der Waals surface area (Å²) in [6, 6.07) is 10.3. The smallest absolute Gasteiger partial charge is 0.343 e. The van der Waals surface area contributed by atoms with Crippen LogP contribution in [0.25, 0.3) is 11.8 Å². The summed E-state index contributed by atoms with van der Waals surface area (Å²) in [5.41, 5.74) is 2.16. The van der Waals surface area contributed by atoms with Crippen molar-refractivity contribution in [2.24, 2.45) is 0 Å². The van der Waals surface area contributed by atoms with E-state index in [4.69, 9.17) is 9.47 Å². The van der Waals surface area contributed by atoms with Crippen LogP contribution in [0, 0.1) is 20.6 Å². The lowest BCUT2D eigenvalue weighted by Gasteiger charge is -2.06. The van der Waals surface area contributed by atoms with Gasteiger partial charge in [0.25, 0.3) is 0 Å². The molecule has 3 rings (SSSR count). The average molecular weight is 491 g/mol. The molecule has 0 fully saturated rings. The highest BCUT2D eigenvalue weighted by Crippen LogP contribution is 2.35. The maximum Gasteiger partial charge on any atom is 0.343 e. The van der Waals surface area contributed by atoms with E-state index < -0.39 is 16.9 Å². The maximum atomic E-state index is 12.2. The van der Waals surface area contributed by atoms with Gasteiger partial charge in [-0.25, -0.2) is 4.79 Å². The molecule has 0 aromatic heterocycles. The second-order valence-electron chi connectivity index (χ2n) is 6.07. The molecular formula is C20H14INO6. The van der Waals surface area contributed by atoms with E-state index in [1.807, 2.05) is 53.8 Å². The lowest BCUT2D eigenvalue weighted by atomic mass is 10.1. The Morgan fingerprint density at radius 3 is 2.54 bits per heavy atom. The van der Waals surface area contributed by atoms with Crippen molar-refractivity contribution in [3.05, 3.63) is 78.4 Å². The van der Waals surface area contributed by atoms with Crippen LogP contribution in [0.2, 0.25) is 0 Å². The fourth-order valence-electron chi connectivity index (χ4n) is 2.59. The highest BCUT2D eigenvalue weighted by atomic mass is 127. The van der Waals surface area contributed by atoms with Gasteiger partial charge in [-0.15, -0.1) is 0 Å². The molecule has 8 heteroatoms. The van der Waals surface area contributed by atoms with E-state index in [2.05, 4.69) is 0 Å². The molecule has 0 saturated heterocycles. The molecule has 0 atom stereocenters. The highest BCUT2D eigenvalue weighted by molar-refractivity contribution is 14.1. The van der Waals surface area contributed by atoms with Crippen LogP contribution < -0.4 is 4.74 Å². The second kappa shape index (κ2) is 7.93. The van der Waals surface area contributed by atoms with Gasteiger partial charge in [0.15, 0.2) is 0 Å². The van der Waals surface area contributed by atoms with E-state index in [1.165, 1.54) is 19.1 Å². The standard InChI is InChI=1S/C20H14INO6/c1-11-3-5-14(6-4-11)18-10-15(20(24)28-18)7-13-8-16(21)19(27-12(2)23)17(9-13)22(25)26/h3-10H,1-2H3/b15-7+. The van der Waals surface area contributed by atoms with E-state index in [0.717, 1.165) is 11.1 Å². The summed E-state index contributed by atoms with van der Waals surface area (Å²) in [6.45, 7) is 3.12. The molecule has 1 heterocycles. The number of halogens is 1. The van der Waals surface area contributed by atoms with E-state index in [1.54, 1.807) is 12.1 Å². The molecule has 7 nitrogen and oxygen atoms in total. The van der Waals surface area contributed by atoms with Crippen molar-refractivity contribution in [3.8, 4) is 5.75 Å². The molecule has 28 heavy (non-hydrogen) atoms. The van der Waals surface area contributed by atoms with Gasteiger partial charge in [0, 0.05) is 18.6 Å². The number of nitro groups is 1. The van der Waals surface area contributed by atoms with Crippen LogP contribution in [0.3, 0.4) is 0 Å². The number of ether oxygens (including phenoxy) is 2. The zero-order valence-corrected chi connectivity index (χ0v) is 17.1. The van der Waals surface area contributed by atoms with E-state index >= 15 is 0 Å². The zero-order valence-electron chi connectivity index (χ0n) is 14.9. The molecule has 0 saturated carbocycles. The first-order valence-corrected chi connectivity index (χ1v) is 9.21. The normalized spacial score (nSPS) is 14.6. The Bertz CT molecular complexity index is 1050. The van der Waals surface area contributed by atoms with Crippen LogP contribution in [-0.4, -0.2) is 16.9 Å². The Morgan fingerprint density at radius 2 is 1.93 bits per heavy atom. The molecule has 0 unspecified atom stereocenters. The lowest BCUT2D eigenvalue weighted by Crippen LogP contribution is -2.06. The van der Waals surface area contributed by atoms with Crippen LogP contribution in [0.4, 0.5) is 5.69 Å². The summed E-state index contributed by atoms with van der Waals surface area (Å²) in [5.74, 6) is -0.906. The fourth-order valence-corrected chi connectivity index (χ4v) is 3.34. The first-order valence-electron chi connectivity index (χ1n) is 8.13. The summed E-state index contributed by atoms with van der Waals surface area (Å²) in [4.78, 5) is 34.1. The first-order chi connectivity index (χ1) is 13.2. The Hall–Kier alpha value is -3.01. The number of hydrogen-bond donors (Lipinski definition) is 0. The highest BCUT2D eigenvalue weighted by Gasteiger charge is 2.24. The third-order valence-corrected chi connectivity index (χ3v) is 4.67. The second-order valence-corrected chi connectivity index (χ2v) is 7.23. The lowest BCUT2D eigenvalue weighted by molar-refractivity contribution is -0.385. The molecule has 0 spiro atoms. The minimum absolute atomic E-state index is 0.120. The summed E-state index contributed by atoms with van der Waals surface area (Å²) in [6.07, 6.45) is 3.09. The van der Waals surface area contributed by atoms with Crippen molar-refractivity contribution in [3.63, 3.8) is 0 Å². The van der Waals surface area contributed by atoms with Gasteiger partial charge in [0.05, 0.1) is 14.1 Å². The summed E-state index contributed by atoms with van der Waals surface area (Å²) in [5, 5.41) is 11.4. The third-order valence-electron chi connectivity index (χ3n) is 3.87.